The second kappa shape index (κ2) is 3.78. The molecule has 0 aromatic rings. The monoisotopic (exact) mass is 169 g/mol. The minimum Gasteiger partial charge on any atom is -0.312 e. The van der Waals surface area contributed by atoms with E-state index in [1.807, 2.05) is 0 Å². The lowest BCUT2D eigenvalue weighted by molar-refractivity contribution is 0.379. The van der Waals surface area contributed by atoms with Crippen LogP contribution in [0.5, 0.6) is 0 Å². The van der Waals surface area contributed by atoms with Gasteiger partial charge in [-0.25, -0.2) is 0 Å². The number of hydrogen-bond donors (Lipinski definition) is 1. The van der Waals surface area contributed by atoms with E-state index in [2.05, 4.69) is 33.0 Å². The van der Waals surface area contributed by atoms with Crippen LogP contribution in [-0.2, 0) is 0 Å². The second-order valence-corrected chi connectivity index (χ2v) is 5.28. The number of rotatable bonds is 4. The van der Waals surface area contributed by atoms with Gasteiger partial charge in [0.2, 0.25) is 0 Å². The van der Waals surface area contributed by atoms with Crippen LogP contribution in [0.25, 0.3) is 0 Å². The first-order valence-electron chi connectivity index (χ1n) is 5.24. The van der Waals surface area contributed by atoms with E-state index in [-0.39, 0.29) is 0 Å². The molecular formula is C11H23N. The SMILES string of the molecule is CC(CCNC(C)(C)C)C1CC1. The molecule has 1 heteroatoms. The van der Waals surface area contributed by atoms with Crippen molar-refractivity contribution in [2.24, 2.45) is 11.8 Å². The van der Waals surface area contributed by atoms with Gasteiger partial charge in [0.15, 0.2) is 0 Å². The molecule has 72 valence electrons. The molecular weight excluding hydrogens is 146 g/mol. The fourth-order valence-electron chi connectivity index (χ4n) is 1.58. The van der Waals surface area contributed by atoms with Crippen LogP contribution in [-0.4, -0.2) is 12.1 Å². The molecule has 1 N–H and O–H groups in total. The molecule has 1 unspecified atom stereocenters. The summed E-state index contributed by atoms with van der Waals surface area (Å²) in [5, 5.41) is 3.54. The van der Waals surface area contributed by atoms with Crippen LogP contribution in [0.3, 0.4) is 0 Å². The lowest BCUT2D eigenvalue weighted by Gasteiger charge is -2.21. The van der Waals surface area contributed by atoms with Gasteiger partial charge in [-0.1, -0.05) is 6.92 Å². The van der Waals surface area contributed by atoms with Crippen molar-refractivity contribution in [1.82, 2.24) is 5.32 Å². The molecule has 1 aliphatic rings. The lowest BCUT2D eigenvalue weighted by Crippen LogP contribution is -2.37. The normalized spacial score (nSPS) is 21.0. The summed E-state index contributed by atoms with van der Waals surface area (Å²) >= 11 is 0. The zero-order valence-electron chi connectivity index (χ0n) is 8.98. The van der Waals surface area contributed by atoms with Gasteiger partial charge >= 0.3 is 0 Å². The van der Waals surface area contributed by atoms with Gasteiger partial charge in [0.1, 0.15) is 0 Å². The van der Waals surface area contributed by atoms with Gasteiger partial charge in [-0.15, -0.1) is 0 Å². The smallest absolute Gasteiger partial charge is 0.00965 e. The van der Waals surface area contributed by atoms with Crippen LogP contribution in [0.1, 0.15) is 47.0 Å². The summed E-state index contributed by atoms with van der Waals surface area (Å²) in [6.07, 6.45) is 4.31. The second-order valence-electron chi connectivity index (χ2n) is 5.28. The van der Waals surface area contributed by atoms with Crippen molar-refractivity contribution in [2.75, 3.05) is 6.54 Å². The highest BCUT2D eigenvalue weighted by molar-refractivity contribution is 4.80. The zero-order valence-corrected chi connectivity index (χ0v) is 8.98. The minimum atomic E-state index is 0.295. The average molecular weight is 169 g/mol. The quantitative estimate of drug-likeness (QED) is 0.682. The Morgan fingerprint density at radius 3 is 2.33 bits per heavy atom. The standard InChI is InChI=1S/C11H23N/c1-9(10-5-6-10)7-8-12-11(2,3)4/h9-10,12H,5-8H2,1-4H3. The molecule has 0 bridgehead atoms. The molecule has 1 aliphatic carbocycles. The summed E-state index contributed by atoms with van der Waals surface area (Å²) in [6.45, 7) is 10.3. The molecule has 12 heavy (non-hydrogen) atoms. The van der Waals surface area contributed by atoms with Crippen molar-refractivity contribution in [3.05, 3.63) is 0 Å². The maximum Gasteiger partial charge on any atom is 0.00965 e. The molecule has 1 nitrogen and oxygen atoms in total. The topological polar surface area (TPSA) is 12.0 Å². The van der Waals surface area contributed by atoms with E-state index in [4.69, 9.17) is 0 Å². The Morgan fingerprint density at radius 1 is 1.33 bits per heavy atom. The Labute approximate surface area is 76.9 Å². The lowest BCUT2D eigenvalue weighted by atomic mass is 10.0. The fourth-order valence-corrected chi connectivity index (χ4v) is 1.58. The van der Waals surface area contributed by atoms with Crippen molar-refractivity contribution < 1.29 is 0 Å². The maximum absolute atomic E-state index is 3.54. The van der Waals surface area contributed by atoms with Crippen LogP contribution in [0.4, 0.5) is 0 Å². The van der Waals surface area contributed by atoms with E-state index in [9.17, 15) is 0 Å². The third kappa shape index (κ3) is 4.10. The summed E-state index contributed by atoms with van der Waals surface area (Å²) in [5.41, 5.74) is 0.295. The highest BCUT2D eigenvalue weighted by Crippen LogP contribution is 2.37. The van der Waals surface area contributed by atoms with Crippen LogP contribution in [0, 0.1) is 11.8 Å². The van der Waals surface area contributed by atoms with Gasteiger partial charge < -0.3 is 5.32 Å². The van der Waals surface area contributed by atoms with Gasteiger partial charge in [0.05, 0.1) is 0 Å². The zero-order chi connectivity index (χ0) is 9.19. The first kappa shape index (κ1) is 10.0. The van der Waals surface area contributed by atoms with Crippen LogP contribution in [0.15, 0.2) is 0 Å². The molecule has 1 atom stereocenters. The van der Waals surface area contributed by atoms with Crippen molar-refractivity contribution in [1.29, 1.82) is 0 Å². The molecule has 0 heterocycles. The Kier molecular flexibility index (Phi) is 3.16. The number of nitrogens with one attached hydrogen (secondary N) is 1. The first-order chi connectivity index (χ1) is 5.49. The summed E-state index contributed by atoms with van der Waals surface area (Å²) in [7, 11) is 0. The van der Waals surface area contributed by atoms with Crippen LogP contribution in [0.2, 0.25) is 0 Å². The third-order valence-electron chi connectivity index (χ3n) is 2.68. The predicted octanol–water partition coefficient (Wildman–Crippen LogP) is 2.81. The molecule has 0 aromatic carbocycles. The van der Waals surface area contributed by atoms with Gasteiger partial charge in [-0.2, -0.15) is 0 Å². The van der Waals surface area contributed by atoms with E-state index >= 15 is 0 Å². The van der Waals surface area contributed by atoms with Crippen molar-refractivity contribution in [3.8, 4) is 0 Å². The predicted molar refractivity (Wildman–Crippen MR) is 54.3 cm³/mol. The molecule has 1 saturated carbocycles. The van der Waals surface area contributed by atoms with Gasteiger partial charge in [-0.05, 0) is 58.4 Å². The van der Waals surface area contributed by atoms with E-state index in [0.717, 1.165) is 11.8 Å². The average Bonchev–Trinajstić information content (AvgIpc) is 2.64. The van der Waals surface area contributed by atoms with Crippen molar-refractivity contribution in [2.45, 2.75) is 52.5 Å². The Bertz CT molecular complexity index is 130. The first-order valence-corrected chi connectivity index (χ1v) is 5.24. The third-order valence-corrected chi connectivity index (χ3v) is 2.68. The van der Waals surface area contributed by atoms with Crippen molar-refractivity contribution >= 4 is 0 Å². The molecule has 0 radical (unpaired) electrons. The largest absolute Gasteiger partial charge is 0.312 e. The summed E-state index contributed by atoms with van der Waals surface area (Å²) < 4.78 is 0. The molecule has 0 spiro atoms. The molecule has 0 amide bonds. The fraction of sp³-hybridized carbons (Fsp3) is 1.00. The Morgan fingerprint density at radius 2 is 1.92 bits per heavy atom. The van der Waals surface area contributed by atoms with E-state index in [0.29, 0.717) is 5.54 Å². The van der Waals surface area contributed by atoms with Crippen LogP contribution < -0.4 is 5.32 Å². The highest BCUT2D eigenvalue weighted by Gasteiger charge is 2.27. The van der Waals surface area contributed by atoms with Gasteiger partial charge in [-0.3, -0.25) is 0 Å². The molecule has 1 rings (SSSR count). The van der Waals surface area contributed by atoms with Crippen molar-refractivity contribution in [3.63, 3.8) is 0 Å². The number of hydrogen-bond acceptors (Lipinski definition) is 1. The Balaban J connectivity index is 2.01. The Hall–Kier alpha value is -0.0400. The van der Waals surface area contributed by atoms with Gasteiger partial charge in [0, 0.05) is 5.54 Å². The van der Waals surface area contributed by atoms with E-state index < -0.39 is 0 Å². The minimum absolute atomic E-state index is 0.295. The summed E-state index contributed by atoms with van der Waals surface area (Å²) in [6, 6.07) is 0. The summed E-state index contributed by atoms with van der Waals surface area (Å²) in [4.78, 5) is 0. The molecule has 1 fully saturated rings. The van der Waals surface area contributed by atoms with E-state index in [1.54, 1.807) is 0 Å². The summed E-state index contributed by atoms with van der Waals surface area (Å²) in [5.74, 6) is 2.01. The molecule has 0 aliphatic heterocycles. The highest BCUT2D eigenvalue weighted by atomic mass is 14.9. The molecule has 0 saturated heterocycles. The molecule has 0 aromatic heterocycles. The maximum atomic E-state index is 3.54. The van der Waals surface area contributed by atoms with Crippen LogP contribution >= 0.6 is 0 Å². The van der Waals surface area contributed by atoms with E-state index in [1.165, 1.54) is 25.8 Å². The van der Waals surface area contributed by atoms with Gasteiger partial charge in [0.25, 0.3) is 0 Å².